The molecule has 20 heavy (non-hydrogen) atoms. The summed E-state index contributed by atoms with van der Waals surface area (Å²) in [7, 11) is -2.67. The number of aryl methyl sites for hydroxylation is 1. The molecular weight excluding hydrogens is 355 g/mol. The molecule has 1 aromatic rings. The second-order valence-corrected chi connectivity index (χ2v) is 15.7. The summed E-state index contributed by atoms with van der Waals surface area (Å²) in [5, 5.41) is 0. The monoisotopic (exact) mass is 376 g/mol. The summed E-state index contributed by atoms with van der Waals surface area (Å²) in [5.41, 5.74) is 1.31. The first-order valence-electron chi connectivity index (χ1n) is 6.33. The minimum Gasteiger partial charge on any atom is -0.229 e. The highest BCUT2D eigenvalue weighted by molar-refractivity contribution is 7.89. The third-order valence-electron chi connectivity index (χ3n) is 1.77. The van der Waals surface area contributed by atoms with Crippen LogP contribution in [0.25, 0.3) is 0 Å². The molecule has 0 unspecified atom stereocenters. The molecule has 0 aliphatic heterocycles. The largest absolute Gasteiger partial charge is 0.341 e. The summed E-state index contributed by atoms with van der Waals surface area (Å²) in [6.45, 7) is 4.00. The highest BCUT2D eigenvalue weighted by Gasteiger charge is 2.23. The Morgan fingerprint density at radius 3 is 1.75 bits per heavy atom. The van der Waals surface area contributed by atoms with E-state index >= 15 is 0 Å². The highest BCUT2D eigenvalue weighted by atomic mass is 35.8. The smallest absolute Gasteiger partial charge is 0.229 e. The summed E-state index contributed by atoms with van der Waals surface area (Å²) in [6.07, 6.45) is 4.29. The van der Waals surface area contributed by atoms with E-state index in [2.05, 4.69) is 12.1 Å². The lowest BCUT2D eigenvalue weighted by atomic mass is 10.1. The fourth-order valence-corrected chi connectivity index (χ4v) is 2.92. The molecule has 0 amide bonds. The van der Waals surface area contributed by atoms with Gasteiger partial charge in [0.25, 0.3) is 0 Å². The molecule has 0 heterocycles. The van der Waals surface area contributed by atoms with Gasteiger partial charge in [0.1, 0.15) is 9.84 Å². The Kier molecular flexibility index (Phi) is 13.4. The maximum absolute atomic E-state index is 9.63. The van der Waals surface area contributed by atoms with E-state index < -0.39 is 15.8 Å². The number of halogens is 3. The number of rotatable bonds is 4. The SMILES string of the molecule is CC.CS(C)(=O)=O.Cl[Si](Cl)(Cl)CCCc1ccccc1. The van der Waals surface area contributed by atoms with Crippen molar-refractivity contribution in [2.45, 2.75) is 32.7 Å². The van der Waals surface area contributed by atoms with Crippen LogP contribution in [0.1, 0.15) is 25.8 Å². The van der Waals surface area contributed by atoms with Crippen molar-refractivity contribution in [1.82, 2.24) is 0 Å². The lowest BCUT2D eigenvalue weighted by Crippen LogP contribution is -2.08. The zero-order valence-electron chi connectivity index (χ0n) is 12.4. The van der Waals surface area contributed by atoms with E-state index in [1.54, 1.807) is 0 Å². The van der Waals surface area contributed by atoms with Crippen molar-refractivity contribution in [2.75, 3.05) is 12.5 Å². The van der Waals surface area contributed by atoms with Gasteiger partial charge in [0.05, 0.1) is 0 Å². The Hall–Kier alpha value is 0.257. The molecule has 0 saturated carbocycles. The fourth-order valence-electron chi connectivity index (χ4n) is 1.14. The van der Waals surface area contributed by atoms with Crippen molar-refractivity contribution >= 4 is 49.1 Å². The minimum absolute atomic E-state index is 0.743. The average Bonchev–Trinajstić information content (AvgIpc) is 2.29. The van der Waals surface area contributed by atoms with Gasteiger partial charge in [-0.3, -0.25) is 0 Å². The van der Waals surface area contributed by atoms with Gasteiger partial charge >= 0.3 is 6.00 Å². The van der Waals surface area contributed by atoms with Crippen LogP contribution in [0.4, 0.5) is 0 Å². The molecule has 1 aromatic carbocycles. The number of hydrogen-bond donors (Lipinski definition) is 0. The molecule has 0 spiro atoms. The van der Waals surface area contributed by atoms with E-state index in [0.717, 1.165) is 31.4 Å². The van der Waals surface area contributed by atoms with Gasteiger partial charge in [0.15, 0.2) is 0 Å². The third-order valence-corrected chi connectivity index (χ3v) is 4.39. The first-order chi connectivity index (χ1) is 9.08. The topological polar surface area (TPSA) is 34.1 Å². The Labute approximate surface area is 138 Å². The molecule has 0 saturated heterocycles. The minimum atomic E-state index is -2.67. The zero-order chi connectivity index (χ0) is 16.2. The summed E-state index contributed by atoms with van der Waals surface area (Å²) in [5.74, 6) is 0. The Bertz CT molecular complexity index is 423. The fraction of sp³-hybridized carbons (Fsp3) is 0.538. The maximum Gasteiger partial charge on any atom is 0.341 e. The predicted molar refractivity (Wildman–Crippen MR) is 95.0 cm³/mol. The van der Waals surface area contributed by atoms with E-state index in [9.17, 15) is 8.42 Å². The van der Waals surface area contributed by atoms with Crippen molar-refractivity contribution in [3.8, 4) is 0 Å². The van der Waals surface area contributed by atoms with Crippen molar-refractivity contribution in [2.24, 2.45) is 0 Å². The van der Waals surface area contributed by atoms with Gasteiger partial charge in [-0.15, -0.1) is 33.2 Å². The molecule has 0 fully saturated rings. The number of sulfone groups is 1. The molecule has 2 nitrogen and oxygen atoms in total. The summed E-state index contributed by atoms with van der Waals surface area (Å²) in [4.78, 5) is 0. The van der Waals surface area contributed by atoms with E-state index in [1.807, 2.05) is 32.0 Å². The molecule has 118 valence electrons. The third kappa shape index (κ3) is 23.4. The van der Waals surface area contributed by atoms with Crippen LogP contribution in [0.15, 0.2) is 30.3 Å². The van der Waals surface area contributed by atoms with Crippen LogP contribution in [0.2, 0.25) is 6.04 Å². The molecule has 0 radical (unpaired) electrons. The Balaban J connectivity index is 0. The van der Waals surface area contributed by atoms with Crippen LogP contribution < -0.4 is 0 Å². The van der Waals surface area contributed by atoms with Crippen LogP contribution in [0.5, 0.6) is 0 Å². The normalized spacial score (nSPS) is 10.8. The summed E-state index contributed by atoms with van der Waals surface area (Å²) in [6, 6.07) is 8.61. The molecule has 0 aliphatic rings. The van der Waals surface area contributed by atoms with Crippen molar-refractivity contribution in [1.29, 1.82) is 0 Å². The lowest BCUT2D eigenvalue weighted by Gasteiger charge is -2.06. The van der Waals surface area contributed by atoms with Crippen molar-refractivity contribution in [3.63, 3.8) is 0 Å². The van der Waals surface area contributed by atoms with Crippen LogP contribution in [-0.4, -0.2) is 26.9 Å². The van der Waals surface area contributed by atoms with Gasteiger partial charge in [-0.1, -0.05) is 44.2 Å². The lowest BCUT2D eigenvalue weighted by molar-refractivity contribution is 0.607. The van der Waals surface area contributed by atoms with Gasteiger partial charge in [-0.2, -0.15) is 0 Å². The van der Waals surface area contributed by atoms with Crippen molar-refractivity contribution < 1.29 is 8.42 Å². The van der Waals surface area contributed by atoms with Gasteiger partial charge in [0, 0.05) is 12.5 Å². The van der Waals surface area contributed by atoms with Gasteiger partial charge in [0.2, 0.25) is 0 Å². The standard InChI is InChI=1S/C9H11Cl3Si.C2H6O2S.C2H6/c10-13(11,12)8-4-7-9-5-2-1-3-6-9;1-5(2,3)4;1-2/h1-3,5-6H,4,7-8H2;1-2H3;1-2H3. The van der Waals surface area contributed by atoms with Gasteiger partial charge in [-0.05, 0) is 24.4 Å². The second kappa shape index (κ2) is 11.9. The molecule has 0 aromatic heterocycles. The van der Waals surface area contributed by atoms with E-state index in [0.29, 0.717) is 0 Å². The molecule has 0 atom stereocenters. The van der Waals surface area contributed by atoms with Gasteiger partial charge < -0.3 is 0 Å². The van der Waals surface area contributed by atoms with E-state index in [4.69, 9.17) is 33.2 Å². The van der Waals surface area contributed by atoms with Crippen LogP contribution in [0.3, 0.4) is 0 Å². The molecule has 0 N–H and O–H groups in total. The van der Waals surface area contributed by atoms with Crippen LogP contribution in [-0.2, 0) is 16.3 Å². The highest BCUT2D eigenvalue weighted by Crippen LogP contribution is 2.27. The van der Waals surface area contributed by atoms with E-state index in [-0.39, 0.29) is 0 Å². The van der Waals surface area contributed by atoms with E-state index in [1.165, 1.54) is 5.56 Å². The zero-order valence-corrected chi connectivity index (χ0v) is 16.5. The molecule has 1 rings (SSSR count). The number of hydrogen-bond acceptors (Lipinski definition) is 2. The van der Waals surface area contributed by atoms with Gasteiger partial charge in [-0.25, -0.2) is 8.42 Å². The average molecular weight is 378 g/mol. The summed E-state index contributed by atoms with van der Waals surface area (Å²) >= 11 is 17.3. The van der Waals surface area contributed by atoms with Crippen LogP contribution >= 0.6 is 33.2 Å². The van der Waals surface area contributed by atoms with Crippen LogP contribution in [0, 0.1) is 0 Å². The second-order valence-electron chi connectivity index (χ2n) is 4.10. The molecule has 0 aliphatic carbocycles. The first-order valence-corrected chi connectivity index (χ1v) is 13.9. The molecular formula is C13H23Cl3O2SSi. The number of benzene rings is 1. The van der Waals surface area contributed by atoms with Crippen molar-refractivity contribution in [3.05, 3.63) is 35.9 Å². The molecule has 7 heteroatoms. The Morgan fingerprint density at radius 1 is 1.00 bits per heavy atom. The molecule has 0 bridgehead atoms. The summed E-state index contributed by atoms with van der Waals surface area (Å²) < 4.78 is 19.3. The Morgan fingerprint density at radius 2 is 1.40 bits per heavy atom. The quantitative estimate of drug-likeness (QED) is 0.549. The predicted octanol–water partition coefficient (Wildman–Crippen LogP) is 4.96. The first kappa shape index (κ1) is 22.5. The maximum atomic E-state index is 9.63.